The van der Waals surface area contributed by atoms with Crippen molar-refractivity contribution in [2.75, 3.05) is 17.2 Å². The number of anilines is 2. The van der Waals surface area contributed by atoms with Gasteiger partial charge in [0, 0.05) is 23.1 Å². The first-order chi connectivity index (χ1) is 18.7. The van der Waals surface area contributed by atoms with E-state index in [1.807, 2.05) is 39.3 Å². The van der Waals surface area contributed by atoms with E-state index in [1.54, 1.807) is 11.0 Å². The van der Waals surface area contributed by atoms with Crippen LogP contribution in [0, 0.1) is 17.7 Å². The summed E-state index contributed by atoms with van der Waals surface area (Å²) in [5.74, 6) is -1.08. The van der Waals surface area contributed by atoms with Gasteiger partial charge in [-0.25, -0.2) is 19.1 Å². The molecule has 2 atom stereocenters. The predicted octanol–water partition coefficient (Wildman–Crippen LogP) is 3.14. The molecule has 1 saturated heterocycles. The standard InChI is InChI=1S/C28H34FN5O5S.H2O/c1-16(2)15-39-20-12-18(11-19(29)13-20)22-10-9-21(25(31-22)34-27(36)17(3)14-28(34,4)5)26(35)33-40(37,38)24-8-6-7-23(30)32-24;/h6-13,16-17,27,36H,14-15H2,1-5H3,(H2,30,32)(H,33,35);1H2/t17-,27?;/m0./s1. The minimum absolute atomic E-state index is 0. The van der Waals surface area contributed by atoms with E-state index >= 15 is 0 Å². The SMILES string of the molecule is CC(C)COc1cc(F)cc(-c2ccc(C(=O)NS(=O)(=O)c3cccc(N)n3)c(N3C(O)[C@@H](C)CC3(C)C)n2)c1.O. The molecule has 13 heteroatoms. The third kappa shape index (κ3) is 6.92. The van der Waals surface area contributed by atoms with Crippen LogP contribution in [0.25, 0.3) is 11.3 Å². The number of nitrogens with two attached hydrogens (primary N) is 1. The maximum atomic E-state index is 14.6. The summed E-state index contributed by atoms with van der Waals surface area (Å²) in [7, 11) is -4.38. The number of ether oxygens (including phenoxy) is 1. The third-order valence-electron chi connectivity index (χ3n) is 6.59. The fraction of sp³-hybridized carbons (Fsp3) is 0.393. The summed E-state index contributed by atoms with van der Waals surface area (Å²) >= 11 is 0. The van der Waals surface area contributed by atoms with Crippen molar-refractivity contribution in [1.29, 1.82) is 0 Å². The smallest absolute Gasteiger partial charge is 0.281 e. The van der Waals surface area contributed by atoms with Gasteiger partial charge in [-0.3, -0.25) is 4.79 Å². The Balaban J connectivity index is 0.00000462. The van der Waals surface area contributed by atoms with Crippen LogP contribution in [0.1, 0.15) is 51.4 Å². The second kappa shape index (κ2) is 12.0. The van der Waals surface area contributed by atoms with Crippen molar-refractivity contribution in [2.24, 2.45) is 11.8 Å². The summed E-state index contributed by atoms with van der Waals surface area (Å²) in [6.07, 6.45) is -0.422. The molecule has 41 heavy (non-hydrogen) atoms. The molecule has 3 heterocycles. The number of nitrogens with zero attached hydrogens (tertiary/aromatic N) is 3. The maximum Gasteiger partial charge on any atom is 0.281 e. The first-order valence-corrected chi connectivity index (χ1v) is 14.4. The number of rotatable bonds is 8. The van der Waals surface area contributed by atoms with Crippen molar-refractivity contribution in [1.82, 2.24) is 14.7 Å². The monoisotopic (exact) mass is 589 g/mol. The normalized spacial score (nSPS) is 18.2. The molecule has 1 aliphatic rings. The lowest BCUT2D eigenvalue weighted by Gasteiger charge is -2.36. The average Bonchev–Trinajstić information content (AvgIpc) is 3.07. The van der Waals surface area contributed by atoms with Gasteiger partial charge >= 0.3 is 0 Å². The van der Waals surface area contributed by atoms with Gasteiger partial charge in [-0.15, -0.1) is 0 Å². The summed E-state index contributed by atoms with van der Waals surface area (Å²) < 4.78 is 48.1. The average molecular weight is 590 g/mol. The zero-order chi connectivity index (χ0) is 29.4. The molecule has 1 aromatic carbocycles. The predicted molar refractivity (Wildman–Crippen MR) is 153 cm³/mol. The van der Waals surface area contributed by atoms with E-state index in [0.717, 1.165) is 0 Å². The summed E-state index contributed by atoms with van der Waals surface area (Å²) in [6, 6.07) is 11.1. The number of sulfonamides is 1. The molecule has 1 aliphatic heterocycles. The van der Waals surface area contributed by atoms with E-state index in [0.29, 0.717) is 30.0 Å². The highest BCUT2D eigenvalue weighted by Gasteiger charge is 2.45. The highest BCUT2D eigenvalue weighted by atomic mass is 32.2. The van der Waals surface area contributed by atoms with E-state index in [-0.39, 0.29) is 34.5 Å². The Labute approximate surface area is 238 Å². The lowest BCUT2D eigenvalue weighted by molar-refractivity contribution is 0.0980. The van der Waals surface area contributed by atoms with Crippen LogP contribution >= 0.6 is 0 Å². The van der Waals surface area contributed by atoms with E-state index < -0.39 is 38.5 Å². The molecule has 1 amide bonds. The van der Waals surface area contributed by atoms with Crippen LogP contribution in [0.3, 0.4) is 0 Å². The number of amides is 1. The van der Waals surface area contributed by atoms with Crippen LogP contribution in [0.15, 0.2) is 53.6 Å². The number of aromatic nitrogens is 2. The number of hydrogen-bond donors (Lipinski definition) is 3. The first kappa shape index (κ1) is 31.7. The Kier molecular flexibility index (Phi) is 9.26. The number of nitrogen functional groups attached to an aromatic ring is 1. The largest absolute Gasteiger partial charge is 0.493 e. The van der Waals surface area contributed by atoms with Crippen molar-refractivity contribution in [3.8, 4) is 17.0 Å². The highest BCUT2D eigenvalue weighted by Crippen LogP contribution is 2.41. The molecule has 0 radical (unpaired) electrons. The van der Waals surface area contributed by atoms with Crippen molar-refractivity contribution in [2.45, 2.75) is 57.8 Å². The van der Waals surface area contributed by atoms with Gasteiger partial charge in [0.2, 0.25) is 0 Å². The number of aliphatic hydroxyl groups excluding tert-OH is 1. The zero-order valence-electron chi connectivity index (χ0n) is 23.6. The Morgan fingerprint density at radius 1 is 1.22 bits per heavy atom. The topological polar surface area (TPSA) is 179 Å². The number of nitrogens with one attached hydrogen (secondary N) is 1. The fourth-order valence-corrected chi connectivity index (χ4v) is 5.79. The molecule has 2 aromatic heterocycles. The molecule has 222 valence electrons. The first-order valence-electron chi connectivity index (χ1n) is 12.9. The van der Waals surface area contributed by atoms with Crippen LogP contribution in [-0.2, 0) is 10.0 Å². The Hall–Kier alpha value is -3.81. The lowest BCUT2D eigenvalue weighted by atomic mass is 9.97. The van der Waals surface area contributed by atoms with Gasteiger partial charge in [0.15, 0.2) is 5.03 Å². The Bertz CT molecular complexity index is 1530. The minimum Gasteiger partial charge on any atom is -0.493 e. The number of carbonyl (C=O) groups is 1. The van der Waals surface area contributed by atoms with Crippen molar-refractivity contribution < 1.29 is 32.9 Å². The molecule has 1 fully saturated rings. The molecule has 1 unspecified atom stereocenters. The fourth-order valence-electron chi connectivity index (χ4n) is 4.85. The quantitative estimate of drug-likeness (QED) is 0.356. The molecule has 0 saturated carbocycles. The van der Waals surface area contributed by atoms with Gasteiger partial charge in [0.05, 0.1) is 17.9 Å². The summed E-state index contributed by atoms with van der Waals surface area (Å²) in [5, 5.41) is 10.7. The molecule has 6 N–H and O–H groups in total. The van der Waals surface area contributed by atoms with Gasteiger partial charge < -0.3 is 26.0 Å². The number of halogens is 1. The van der Waals surface area contributed by atoms with Crippen molar-refractivity contribution in [3.05, 3.63) is 59.9 Å². The van der Waals surface area contributed by atoms with Gasteiger partial charge in [0.1, 0.15) is 29.4 Å². The second-order valence-corrected chi connectivity index (χ2v) is 12.7. The molecule has 0 bridgehead atoms. The van der Waals surface area contributed by atoms with Gasteiger partial charge in [-0.05, 0) is 62.6 Å². The number of benzene rings is 1. The van der Waals surface area contributed by atoms with Gasteiger partial charge in [0.25, 0.3) is 15.9 Å². The summed E-state index contributed by atoms with van der Waals surface area (Å²) in [4.78, 5) is 23.5. The van der Waals surface area contributed by atoms with Crippen molar-refractivity contribution in [3.63, 3.8) is 0 Å². The van der Waals surface area contributed by atoms with Gasteiger partial charge in [-0.1, -0.05) is 26.8 Å². The zero-order valence-corrected chi connectivity index (χ0v) is 24.4. The van der Waals surface area contributed by atoms with Crippen molar-refractivity contribution >= 4 is 27.6 Å². The van der Waals surface area contributed by atoms with E-state index in [2.05, 4.69) is 9.97 Å². The van der Waals surface area contributed by atoms with Crippen LogP contribution < -0.4 is 20.1 Å². The molecule has 0 aliphatic carbocycles. The van der Waals surface area contributed by atoms with Crippen LogP contribution in [0.5, 0.6) is 5.75 Å². The van der Waals surface area contributed by atoms with Crippen LogP contribution in [0.2, 0.25) is 0 Å². The minimum atomic E-state index is -4.38. The Morgan fingerprint density at radius 2 is 1.93 bits per heavy atom. The van der Waals surface area contributed by atoms with E-state index in [9.17, 15) is 22.7 Å². The highest BCUT2D eigenvalue weighted by molar-refractivity contribution is 7.90. The Morgan fingerprint density at radius 3 is 2.54 bits per heavy atom. The van der Waals surface area contributed by atoms with Crippen LogP contribution in [0.4, 0.5) is 16.0 Å². The molecule has 3 aromatic rings. The number of hydrogen-bond acceptors (Lipinski definition) is 9. The lowest BCUT2D eigenvalue weighted by Crippen LogP contribution is -2.45. The van der Waals surface area contributed by atoms with E-state index in [4.69, 9.17) is 10.5 Å². The van der Waals surface area contributed by atoms with Crippen LogP contribution in [-0.4, -0.2) is 53.2 Å². The van der Waals surface area contributed by atoms with Gasteiger partial charge in [-0.2, -0.15) is 8.42 Å². The third-order valence-corrected chi connectivity index (χ3v) is 7.83. The maximum absolute atomic E-state index is 14.6. The number of carbonyl (C=O) groups excluding carboxylic acids is 1. The summed E-state index contributed by atoms with van der Waals surface area (Å²) in [6.45, 7) is 10.0. The molecular formula is C28H36FN5O6S. The number of pyridine rings is 2. The second-order valence-electron chi connectivity index (χ2n) is 11.1. The number of aliphatic hydroxyl groups is 1. The molecule has 11 nitrogen and oxygen atoms in total. The molecule has 0 spiro atoms. The summed E-state index contributed by atoms with van der Waals surface area (Å²) in [5.41, 5.74) is 5.59. The molecule has 4 rings (SSSR count). The molecular weight excluding hydrogens is 553 g/mol. The van der Waals surface area contributed by atoms with E-state index in [1.165, 1.54) is 42.5 Å².